The predicted octanol–water partition coefficient (Wildman–Crippen LogP) is 5.31. The minimum Gasteiger partial charge on any atom is -0.465 e. The molecule has 2 aromatic heterocycles. The Hall–Kier alpha value is -4.01. The second kappa shape index (κ2) is 7.54. The smallest absolute Gasteiger partial charge is 0.416 e. The van der Waals surface area contributed by atoms with E-state index in [9.17, 15) is 27.9 Å². The predicted molar refractivity (Wildman–Crippen MR) is 114 cm³/mol. The van der Waals surface area contributed by atoms with Gasteiger partial charge in [0.15, 0.2) is 0 Å². The molecule has 6 nitrogen and oxygen atoms in total. The van der Waals surface area contributed by atoms with Crippen LogP contribution in [-0.4, -0.2) is 27.2 Å². The number of hydrogen-bond acceptors (Lipinski definition) is 3. The van der Waals surface area contributed by atoms with Crippen LogP contribution >= 0.6 is 0 Å². The normalized spacial score (nSPS) is 13.8. The van der Waals surface area contributed by atoms with E-state index in [1.807, 2.05) is 0 Å². The lowest BCUT2D eigenvalue weighted by Gasteiger charge is -2.23. The number of furan rings is 1. The van der Waals surface area contributed by atoms with E-state index in [4.69, 9.17) is 4.42 Å². The Morgan fingerprint density at radius 2 is 1.76 bits per heavy atom. The zero-order chi connectivity index (χ0) is 23.3. The van der Waals surface area contributed by atoms with Crippen molar-refractivity contribution in [2.75, 3.05) is 6.54 Å². The maximum absolute atomic E-state index is 12.8. The van der Waals surface area contributed by atoms with Crippen LogP contribution in [0.25, 0.3) is 27.8 Å². The molecule has 0 atom stereocenters. The number of carboxylic acid groups (broad SMARTS) is 1. The summed E-state index contributed by atoms with van der Waals surface area (Å²) in [7, 11) is 0. The molecule has 0 fully saturated rings. The van der Waals surface area contributed by atoms with E-state index in [2.05, 4.69) is 0 Å². The number of hydrogen-bond donors (Lipinski definition) is 1. The Kier molecular flexibility index (Phi) is 4.77. The topological polar surface area (TPSA) is 75.7 Å². The average Bonchev–Trinajstić information content (AvgIpc) is 3.15. The molecule has 0 radical (unpaired) electrons. The first-order chi connectivity index (χ1) is 15.7. The lowest BCUT2D eigenvalue weighted by molar-refractivity contribution is -0.137. The molecule has 1 aliphatic heterocycles. The molecule has 1 N–H and O–H groups in total. The molecule has 0 saturated heterocycles. The third-order valence-corrected chi connectivity index (χ3v) is 5.83. The minimum atomic E-state index is -4.42. The Morgan fingerprint density at radius 3 is 2.42 bits per heavy atom. The van der Waals surface area contributed by atoms with E-state index in [1.54, 1.807) is 30.5 Å². The Bertz CT molecular complexity index is 1440. The van der Waals surface area contributed by atoms with Crippen molar-refractivity contribution >= 4 is 17.1 Å². The molecule has 1 amide bonds. The molecule has 0 saturated carbocycles. The minimum absolute atomic E-state index is 0.249. The van der Waals surface area contributed by atoms with E-state index in [0.29, 0.717) is 35.4 Å². The second-order valence-electron chi connectivity index (χ2n) is 7.84. The number of carbonyl (C=O) groups is 1. The molecular formula is C24H17F3N2O4. The standard InChI is InChI=1S/C24H17F3N2O4/c25-24(26,27)16-3-1-14(2-4-16)15-7-10-29(22(30)11-15)17-5-6-18-19-13-28(23(31)32)9-8-20(19)33-21(18)12-17/h1-7,10-12H,8-9,13H2,(H,31,32). The SMILES string of the molecule is O=C(O)N1CCc2oc3cc(-n4ccc(-c5ccc(C(F)(F)F)cc5)cc4=O)ccc3c2C1. The van der Waals surface area contributed by atoms with E-state index in [0.717, 1.165) is 28.8 Å². The van der Waals surface area contributed by atoms with Gasteiger partial charge in [-0.05, 0) is 41.5 Å². The number of rotatable bonds is 2. The summed E-state index contributed by atoms with van der Waals surface area (Å²) in [6.07, 6.45) is -3.36. The molecule has 9 heteroatoms. The van der Waals surface area contributed by atoms with Crippen LogP contribution in [0.1, 0.15) is 16.9 Å². The summed E-state index contributed by atoms with van der Waals surface area (Å²) < 4.78 is 45.7. The highest BCUT2D eigenvalue weighted by atomic mass is 19.4. The first kappa shape index (κ1) is 20.9. The molecule has 5 rings (SSSR count). The van der Waals surface area contributed by atoms with E-state index >= 15 is 0 Å². The quantitative estimate of drug-likeness (QED) is 0.446. The lowest BCUT2D eigenvalue weighted by Crippen LogP contribution is -2.34. The fourth-order valence-electron chi connectivity index (χ4n) is 4.11. The molecule has 168 valence electrons. The first-order valence-electron chi connectivity index (χ1n) is 10.1. The van der Waals surface area contributed by atoms with Crippen LogP contribution < -0.4 is 5.56 Å². The summed E-state index contributed by atoms with van der Waals surface area (Å²) in [6, 6.07) is 12.9. The van der Waals surface area contributed by atoms with Gasteiger partial charge in [-0.15, -0.1) is 0 Å². The summed E-state index contributed by atoms with van der Waals surface area (Å²) in [5.74, 6) is 0.740. The summed E-state index contributed by atoms with van der Waals surface area (Å²) >= 11 is 0. The molecule has 0 bridgehead atoms. The monoisotopic (exact) mass is 454 g/mol. The number of fused-ring (bicyclic) bond motifs is 3. The number of aromatic nitrogens is 1. The van der Waals surface area contributed by atoms with Gasteiger partial charge >= 0.3 is 12.3 Å². The van der Waals surface area contributed by atoms with Crippen LogP contribution in [0.4, 0.5) is 18.0 Å². The van der Waals surface area contributed by atoms with Crippen LogP contribution in [0.15, 0.2) is 70.0 Å². The van der Waals surface area contributed by atoms with Gasteiger partial charge in [0, 0.05) is 42.2 Å². The zero-order valence-electron chi connectivity index (χ0n) is 17.1. The molecular weight excluding hydrogens is 437 g/mol. The van der Waals surface area contributed by atoms with Gasteiger partial charge in [0.25, 0.3) is 5.56 Å². The van der Waals surface area contributed by atoms with Crippen molar-refractivity contribution in [2.24, 2.45) is 0 Å². The van der Waals surface area contributed by atoms with Crippen LogP contribution in [0.3, 0.4) is 0 Å². The molecule has 4 aromatic rings. The third kappa shape index (κ3) is 3.75. The van der Waals surface area contributed by atoms with Gasteiger partial charge in [-0.1, -0.05) is 12.1 Å². The Balaban J connectivity index is 1.47. The number of nitrogens with zero attached hydrogens (tertiary/aromatic N) is 2. The number of benzene rings is 2. The van der Waals surface area contributed by atoms with Gasteiger partial charge < -0.3 is 14.4 Å². The first-order valence-corrected chi connectivity index (χ1v) is 10.1. The summed E-state index contributed by atoms with van der Waals surface area (Å²) in [5, 5.41) is 10.1. The van der Waals surface area contributed by atoms with Crippen LogP contribution in [-0.2, 0) is 19.1 Å². The number of alkyl halides is 3. The van der Waals surface area contributed by atoms with Gasteiger partial charge in [0.1, 0.15) is 11.3 Å². The fraction of sp³-hybridized carbons (Fsp3) is 0.167. The van der Waals surface area contributed by atoms with Crippen molar-refractivity contribution in [3.8, 4) is 16.8 Å². The highest BCUT2D eigenvalue weighted by Gasteiger charge is 2.30. The van der Waals surface area contributed by atoms with Crippen molar-refractivity contribution in [3.63, 3.8) is 0 Å². The highest BCUT2D eigenvalue weighted by molar-refractivity contribution is 5.85. The number of halogens is 3. The van der Waals surface area contributed by atoms with Gasteiger partial charge in [-0.2, -0.15) is 13.2 Å². The number of amides is 1. The van der Waals surface area contributed by atoms with Crippen LogP contribution in [0.2, 0.25) is 0 Å². The largest absolute Gasteiger partial charge is 0.465 e. The fourth-order valence-corrected chi connectivity index (χ4v) is 4.11. The summed E-state index contributed by atoms with van der Waals surface area (Å²) in [4.78, 5) is 25.4. The van der Waals surface area contributed by atoms with Crippen molar-refractivity contribution in [3.05, 3.63) is 88.0 Å². The molecule has 2 aromatic carbocycles. The Labute approximate surface area is 185 Å². The molecule has 1 aliphatic rings. The summed E-state index contributed by atoms with van der Waals surface area (Å²) in [6.45, 7) is 0.610. The zero-order valence-corrected chi connectivity index (χ0v) is 17.1. The van der Waals surface area contributed by atoms with E-state index < -0.39 is 17.8 Å². The highest BCUT2D eigenvalue weighted by Crippen LogP contribution is 2.33. The lowest BCUT2D eigenvalue weighted by atomic mass is 10.0. The van der Waals surface area contributed by atoms with Crippen LogP contribution in [0, 0.1) is 0 Å². The molecule has 3 heterocycles. The molecule has 0 unspecified atom stereocenters. The van der Waals surface area contributed by atoms with E-state index in [1.165, 1.54) is 27.7 Å². The average molecular weight is 454 g/mol. The van der Waals surface area contributed by atoms with Crippen molar-refractivity contribution in [1.82, 2.24) is 9.47 Å². The van der Waals surface area contributed by atoms with Crippen molar-refractivity contribution in [2.45, 2.75) is 19.1 Å². The van der Waals surface area contributed by atoms with E-state index in [-0.39, 0.29) is 12.1 Å². The summed E-state index contributed by atoms with van der Waals surface area (Å²) in [5.41, 5.74) is 1.87. The van der Waals surface area contributed by atoms with Crippen LogP contribution in [0.5, 0.6) is 0 Å². The van der Waals surface area contributed by atoms with Gasteiger partial charge in [0.2, 0.25) is 0 Å². The van der Waals surface area contributed by atoms with Crippen molar-refractivity contribution in [1.29, 1.82) is 0 Å². The van der Waals surface area contributed by atoms with Gasteiger partial charge in [-0.25, -0.2) is 4.79 Å². The maximum Gasteiger partial charge on any atom is 0.416 e. The van der Waals surface area contributed by atoms with Gasteiger partial charge in [0.05, 0.1) is 17.8 Å². The second-order valence-corrected chi connectivity index (χ2v) is 7.84. The molecule has 0 spiro atoms. The Morgan fingerprint density at radius 1 is 1.00 bits per heavy atom. The number of pyridine rings is 1. The molecule has 0 aliphatic carbocycles. The molecule has 33 heavy (non-hydrogen) atoms. The van der Waals surface area contributed by atoms with Crippen molar-refractivity contribution < 1.29 is 27.5 Å². The third-order valence-electron chi connectivity index (χ3n) is 5.83. The maximum atomic E-state index is 12.8. The van der Waals surface area contributed by atoms with Gasteiger partial charge in [-0.3, -0.25) is 9.36 Å².